The number of carbonyl (C=O) groups excluding carboxylic acids is 1. The molecule has 0 spiro atoms. The van der Waals surface area contributed by atoms with Crippen molar-refractivity contribution in [3.05, 3.63) is 0 Å². The van der Waals surface area contributed by atoms with Gasteiger partial charge in [0.25, 0.3) is 10.1 Å². The van der Waals surface area contributed by atoms with Crippen LogP contribution in [0.3, 0.4) is 0 Å². The molecule has 1 atom stereocenters. The Morgan fingerprint density at radius 1 is 1.38 bits per heavy atom. The molecule has 8 nitrogen and oxygen atoms in total. The SMILES string of the molecule is CCCC(=O)O.NC(=O)C(N)CS(=O)(=O)O. The lowest BCUT2D eigenvalue weighted by Crippen LogP contribution is -2.41. The zero-order valence-corrected chi connectivity index (χ0v) is 9.61. The lowest BCUT2D eigenvalue weighted by Gasteiger charge is -2.02. The fourth-order valence-electron chi connectivity index (χ4n) is 0.523. The minimum absolute atomic E-state index is 0.292. The van der Waals surface area contributed by atoms with E-state index in [2.05, 4.69) is 5.73 Å². The third kappa shape index (κ3) is 15.3. The minimum Gasteiger partial charge on any atom is -0.481 e. The van der Waals surface area contributed by atoms with E-state index in [1.54, 1.807) is 0 Å². The highest BCUT2D eigenvalue weighted by molar-refractivity contribution is 7.85. The molecule has 0 aromatic heterocycles. The fourth-order valence-corrected chi connectivity index (χ4v) is 1.14. The molecule has 0 radical (unpaired) electrons. The van der Waals surface area contributed by atoms with Crippen LogP contribution in [0, 0.1) is 0 Å². The maximum atomic E-state index is 10.1. The summed E-state index contributed by atoms with van der Waals surface area (Å²) in [5.74, 6) is -2.50. The van der Waals surface area contributed by atoms with Gasteiger partial charge < -0.3 is 16.6 Å². The molecule has 16 heavy (non-hydrogen) atoms. The van der Waals surface area contributed by atoms with Crippen LogP contribution in [-0.2, 0) is 19.7 Å². The van der Waals surface area contributed by atoms with Gasteiger partial charge in [-0.2, -0.15) is 8.42 Å². The number of hydrogen-bond acceptors (Lipinski definition) is 5. The summed E-state index contributed by atoms with van der Waals surface area (Å²) in [6.45, 7) is 1.84. The lowest BCUT2D eigenvalue weighted by molar-refractivity contribution is -0.137. The van der Waals surface area contributed by atoms with Crippen molar-refractivity contribution in [3.63, 3.8) is 0 Å². The van der Waals surface area contributed by atoms with Crippen molar-refractivity contribution in [3.8, 4) is 0 Å². The maximum Gasteiger partial charge on any atom is 0.303 e. The normalized spacial score (nSPS) is 12.2. The van der Waals surface area contributed by atoms with Crippen LogP contribution < -0.4 is 11.5 Å². The molecule has 0 aliphatic rings. The molecule has 0 saturated heterocycles. The summed E-state index contributed by atoms with van der Waals surface area (Å²) in [6.07, 6.45) is 1.02. The molecular formula is C7H16N2O6S. The van der Waals surface area contributed by atoms with Gasteiger partial charge in [-0.1, -0.05) is 6.92 Å². The van der Waals surface area contributed by atoms with Gasteiger partial charge in [0.15, 0.2) is 0 Å². The smallest absolute Gasteiger partial charge is 0.303 e. The zero-order chi connectivity index (χ0) is 13.4. The Labute approximate surface area is 93.4 Å². The van der Waals surface area contributed by atoms with Crippen LogP contribution in [0.1, 0.15) is 19.8 Å². The first kappa shape index (κ1) is 17.2. The topological polar surface area (TPSA) is 161 Å². The van der Waals surface area contributed by atoms with Crippen molar-refractivity contribution < 1.29 is 27.7 Å². The summed E-state index contributed by atoms with van der Waals surface area (Å²) in [5, 5.41) is 7.91. The Bertz CT molecular complexity index is 326. The first-order valence-corrected chi connectivity index (χ1v) is 5.93. The number of aliphatic carboxylic acids is 1. The van der Waals surface area contributed by atoms with Gasteiger partial charge in [-0.25, -0.2) is 0 Å². The zero-order valence-electron chi connectivity index (χ0n) is 8.79. The summed E-state index contributed by atoms with van der Waals surface area (Å²) in [6, 6.07) is -1.34. The Kier molecular flexibility index (Phi) is 8.63. The second-order valence-electron chi connectivity index (χ2n) is 2.90. The van der Waals surface area contributed by atoms with Gasteiger partial charge >= 0.3 is 5.97 Å². The molecule has 0 aliphatic carbocycles. The second kappa shape index (κ2) is 8.02. The van der Waals surface area contributed by atoms with Gasteiger partial charge in [0, 0.05) is 6.42 Å². The molecule has 6 N–H and O–H groups in total. The Morgan fingerprint density at radius 2 is 1.81 bits per heavy atom. The van der Waals surface area contributed by atoms with E-state index in [-0.39, 0.29) is 0 Å². The van der Waals surface area contributed by atoms with Crippen LogP contribution in [0.4, 0.5) is 0 Å². The monoisotopic (exact) mass is 256 g/mol. The molecule has 0 rings (SSSR count). The van der Waals surface area contributed by atoms with Gasteiger partial charge in [-0.15, -0.1) is 0 Å². The summed E-state index contributed by atoms with van der Waals surface area (Å²) in [7, 11) is -4.19. The van der Waals surface area contributed by atoms with Crippen molar-refractivity contribution in [1.29, 1.82) is 0 Å². The van der Waals surface area contributed by atoms with Crippen LogP contribution in [0.25, 0.3) is 0 Å². The number of rotatable bonds is 5. The third-order valence-corrected chi connectivity index (χ3v) is 2.00. The number of hydrogen-bond donors (Lipinski definition) is 4. The number of nitrogens with two attached hydrogens (primary N) is 2. The van der Waals surface area contributed by atoms with E-state index in [4.69, 9.17) is 15.4 Å². The van der Waals surface area contributed by atoms with E-state index >= 15 is 0 Å². The minimum atomic E-state index is -4.19. The first-order valence-electron chi connectivity index (χ1n) is 4.32. The third-order valence-electron chi connectivity index (χ3n) is 1.22. The van der Waals surface area contributed by atoms with Crippen LogP contribution in [0.15, 0.2) is 0 Å². The number of carboxylic acids is 1. The predicted octanol–water partition coefficient (Wildman–Crippen LogP) is -1.44. The summed E-state index contributed by atoms with van der Waals surface area (Å²) in [5.41, 5.74) is 9.49. The van der Waals surface area contributed by atoms with E-state index in [0.29, 0.717) is 6.42 Å². The molecule has 0 aromatic carbocycles. The highest BCUT2D eigenvalue weighted by Gasteiger charge is 2.16. The van der Waals surface area contributed by atoms with Crippen LogP contribution in [0.2, 0.25) is 0 Å². The largest absolute Gasteiger partial charge is 0.481 e. The number of carboxylic acid groups (broad SMARTS) is 1. The molecule has 9 heteroatoms. The number of carbonyl (C=O) groups is 2. The van der Waals surface area contributed by atoms with Gasteiger partial charge in [0.1, 0.15) is 6.04 Å². The molecule has 1 amide bonds. The molecule has 1 unspecified atom stereocenters. The number of primary amides is 1. The van der Waals surface area contributed by atoms with E-state index in [1.807, 2.05) is 6.92 Å². The molecular weight excluding hydrogens is 240 g/mol. The summed E-state index contributed by atoms with van der Waals surface area (Å²) >= 11 is 0. The molecule has 0 heterocycles. The van der Waals surface area contributed by atoms with Gasteiger partial charge in [0.05, 0.1) is 5.75 Å². The highest BCUT2D eigenvalue weighted by atomic mass is 32.2. The van der Waals surface area contributed by atoms with E-state index in [1.165, 1.54) is 0 Å². The molecule has 96 valence electrons. The molecule has 0 aliphatic heterocycles. The Balaban J connectivity index is 0. The van der Waals surface area contributed by atoms with Crippen LogP contribution in [0.5, 0.6) is 0 Å². The van der Waals surface area contributed by atoms with Crippen molar-refractivity contribution >= 4 is 22.0 Å². The fraction of sp³-hybridized carbons (Fsp3) is 0.714. The first-order chi connectivity index (χ1) is 7.10. The summed E-state index contributed by atoms with van der Waals surface area (Å²) in [4.78, 5) is 19.7. The molecule has 0 bridgehead atoms. The van der Waals surface area contributed by atoms with Gasteiger partial charge in [-0.3, -0.25) is 14.1 Å². The Morgan fingerprint density at radius 3 is 1.88 bits per heavy atom. The van der Waals surface area contributed by atoms with Crippen molar-refractivity contribution in [2.45, 2.75) is 25.8 Å². The average molecular weight is 256 g/mol. The second-order valence-corrected chi connectivity index (χ2v) is 4.40. The van der Waals surface area contributed by atoms with E-state index in [9.17, 15) is 18.0 Å². The quantitative estimate of drug-likeness (QED) is 0.438. The van der Waals surface area contributed by atoms with Crippen molar-refractivity contribution in [2.24, 2.45) is 11.5 Å². The van der Waals surface area contributed by atoms with Crippen LogP contribution >= 0.6 is 0 Å². The van der Waals surface area contributed by atoms with Crippen molar-refractivity contribution in [1.82, 2.24) is 0 Å². The molecule has 0 aromatic rings. The standard InChI is InChI=1S/C4H8O2.C3H8N2O4S/c1-2-3-4(5)6;4-2(3(5)6)1-10(7,8)9/h2-3H2,1H3,(H,5,6);2H,1,4H2,(H2,5,6)(H,7,8,9). The molecule has 0 fully saturated rings. The molecule has 0 saturated carbocycles. The average Bonchev–Trinajstić information content (AvgIpc) is 2.01. The lowest BCUT2D eigenvalue weighted by atomic mass is 10.4. The van der Waals surface area contributed by atoms with Gasteiger partial charge in [-0.05, 0) is 6.42 Å². The highest BCUT2D eigenvalue weighted by Crippen LogP contribution is 1.85. The maximum absolute atomic E-state index is 10.1. The van der Waals surface area contributed by atoms with Gasteiger partial charge in [0.2, 0.25) is 5.91 Å². The van der Waals surface area contributed by atoms with Crippen LogP contribution in [-0.4, -0.2) is 41.7 Å². The van der Waals surface area contributed by atoms with E-state index in [0.717, 1.165) is 6.42 Å². The number of amides is 1. The predicted molar refractivity (Wildman–Crippen MR) is 56.1 cm³/mol. The van der Waals surface area contributed by atoms with E-state index < -0.39 is 33.8 Å². The Hall–Kier alpha value is -1.19. The van der Waals surface area contributed by atoms with Crippen molar-refractivity contribution in [2.75, 3.05) is 5.75 Å². The summed E-state index contributed by atoms with van der Waals surface area (Å²) < 4.78 is 28.1.